The van der Waals surface area contributed by atoms with Crippen LogP contribution in [-0.2, 0) is 11.2 Å². The molecule has 1 aliphatic carbocycles. The smallest absolute Gasteiger partial charge is 0.224 e. The summed E-state index contributed by atoms with van der Waals surface area (Å²) in [7, 11) is 0. The Kier molecular flexibility index (Phi) is 4.44. The number of nitrogens with two attached hydrogens (primary N) is 1. The molecule has 2 N–H and O–H groups in total. The summed E-state index contributed by atoms with van der Waals surface area (Å²) in [6.07, 6.45) is 2.47. The van der Waals surface area contributed by atoms with Crippen LogP contribution in [-0.4, -0.2) is 16.0 Å². The van der Waals surface area contributed by atoms with Crippen LogP contribution in [0.25, 0.3) is 22.5 Å². The average Bonchev–Trinajstić information content (AvgIpc) is 3.05. The van der Waals surface area contributed by atoms with Gasteiger partial charge < -0.3 is 10.3 Å². The number of aryl methyl sites for hydroxylation is 2. The Hall–Kier alpha value is -2.73. The number of carbonyl (C=O) groups excluding carboxylic acids is 1. The van der Waals surface area contributed by atoms with Crippen molar-refractivity contribution in [3.8, 4) is 22.5 Å². The number of aromatic nitrogens is 2. The van der Waals surface area contributed by atoms with E-state index in [4.69, 9.17) is 21.9 Å². The van der Waals surface area contributed by atoms with Crippen LogP contribution in [0.1, 0.15) is 35.8 Å². The Morgan fingerprint density at radius 1 is 1.33 bits per heavy atom. The summed E-state index contributed by atoms with van der Waals surface area (Å²) in [6.45, 7) is 1.65. The molecule has 1 amide bonds. The molecule has 138 valence electrons. The maximum atomic E-state index is 14.7. The second kappa shape index (κ2) is 6.78. The Morgan fingerprint density at radius 3 is 2.85 bits per heavy atom. The first-order valence-electron chi connectivity index (χ1n) is 8.66. The molecule has 7 heteroatoms. The van der Waals surface area contributed by atoms with Crippen LogP contribution in [0.5, 0.6) is 0 Å². The highest BCUT2D eigenvalue weighted by Crippen LogP contribution is 2.39. The van der Waals surface area contributed by atoms with Crippen LogP contribution < -0.4 is 5.73 Å². The first kappa shape index (κ1) is 17.7. The number of hydrogen-bond acceptors (Lipinski definition) is 4. The van der Waals surface area contributed by atoms with E-state index in [1.807, 2.05) is 18.2 Å². The van der Waals surface area contributed by atoms with Crippen molar-refractivity contribution in [2.45, 2.75) is 32.1 Å². The number of benzene rings is 2. The zero-order valence-corrected chi connectivity index (χ0v) is 15.4. The van der Waals surface area contributed by atoms with Gasteiger partial charge in [0, 0.05) is 11.9 Å². The molecule has 5 nitrogen and oxygen atoms in total. The summed E-state index contributed by atoms with van der Waals surface area (Å²) in [4.78, 5) is 15.9. The molecule has 1 atom stereocenters. The molecule has 0 radical (unpaired) electrons. The predicted octanol–water partition coefficient (Wildman–Crippen LogP) is 4.41. The van der Waals surface area contributed by atoms with Crippen LogP contribution in [0.15, 0.2) is 34.9 Å². The third-order valence-corrected chi connectivity index (χ3v) is 5.14. The van der Waals surface area contributed by atoms with E-state index in [1.165, 1.54) is 6.07 Å². The van der Waals surface area contributed by atoms with E-state index in [0.717, 1.165) is 36.0 Å². The van der Waals surface area contributed by atoms with Crippen molar-refractivity contribution >= 4 is 17.5 Å². The molecule has 3 aromatic rings. The zero-order chi connectivity index (χ0) is 19.1. The van der Waals surface area contributed by atoms with Crippen molar-refractivity contribution in [2.24, 2.45) is 5.73 Å². The van der Waals surface area contributed by atoms with Gasteiger partial charge in [0.05, 0.1) is 11.5 Å². The number of rotatable bonds is 3. The van der Waals surface area contributed by atoms with E-state index in [2.05, 4.69) is 10.1 Å². The van der Waals surface area contributed by atoms with Gasteiger partial charge in [0.15, 0.2) is 0 Å². The van der Waals surface area contributed by atoms with E-state index in [9.17, 15) is 9.18 Å². The maximum Gasteiger partial charge on any atom is 0.224 e. The molecule has 0 saturated heterocycles. The Morgan fingerprint density at radius 2 is 2.15 bits per heavy atom. The normalized spacial score (nSPS) is 16.2. The highest BCUT2D eigenvalue weighted by atomic mass is 35.5. The van der Waals surface area contributed by atoms with Crippen LogP contribution >= 0.6 is 11.6 Å². The standard InChI is InChI=1S/C20H17ClFN3O2/c1-10-24-20(25-27-10)18-16(8-13(21)9-17(18)22)12-5-6-14-11(7-12)3-2-4-15(14)19(23)26/h5-9,15H,2-4H2,1H3,(H2,23,26). The molecule has 1 aliphatic rings. The van der Waals surface area contributed by atoms with Crippen LogP contribution in [0.3, 0.4) is 0 Å². The zero-order valence-electron chi connectivity index (χ0n) is 14.6. The molecule has 1 aromatic heterocycles. The molecule has 0 spiro atoms. The van der Waals surface area contributed by atoms with Crippen molar-refractivity contribution in [3.05, 3.63) is 58.2 Å². The second-order valence-electron chi connectivity index (χ2n) is 6.71. The SMILES string of the molecule is Cc1nc(-c2c(F)cc(Cl)cc2-c2ccc3c(c2)CCCC3C(N)=O)no1. The van der Waals surface area contributed by atoms with Gasteiger partial charge in [0.1, 0.15) is 5.82 Å². The number of hydrogen-bond donors (Lipinski definition) is 1. The predicted molar refractivity (Wildman–Crippen MR) is 99.7 cm³/mol. The summed E-state index contributed by atoms with van der Waals surface area (Å²) in [6, 6.07) is 8.62. The number of primary amides is 1. The van der Waals surface area contributed by atoms with Gasteiger partial charge in [-0.15, -0.1) is 0 Å². The topological polar surface area (TPSA) is 82.0 Å². The molecule has 1 heterocycles. The van der Waals surface area contributed by atoms with Crippen molar-refractivity contribution in [3.63, 3.8) is 0 Å². The minimum atomic E-state index is -0.522. The minimum Gasteiger partial charge on any atom is -0.369 e. The van der Waals surface area contributed by atoms with Gasteiger partial charge in [0.2, 0.25) is 17.6 Å². The summed E-state index contributed by atoms with van der Waals surface area (Å²) >= 11 is 6.11. The third kappa shape index (κ3) is 3.21. The highest BCUT2D eigenvalue weighted by Gasteiger charge is 2.26. The highest BCUT2D eigenvalue weighted by molar-refractivity contribution is 6.31. The Balaban J connectivity index is 1.88. The van der Waals surface area contributed by atoms with Gasteiger partial charge in [0.25, 0.3) is 0 Å². The third-order valence-electron chi connectivity index (χ3n) is 4.92. The molecule has 0 aliphatic heterocycles. The van der Waals surface area contributed by atoms with Gasteiger partial charge in [-0.2, -0.15) is 4.98 Å². The van der Waals surface area contributed by atoms with Crippen LogP contribution in [0.4, 0.5) is 4.39 Å². The Labute approximate surface area is 160 Å². The lowest BCUT2D eigenvalue weighted by molar-refractivity contribution is -0.119. The van der Waals surface area contributed by atoms with E-state index < -0.39 is 5.82 Å². The number of nitrogens with zero attached hydrogens (tertiary/aromatic N) is 2. The molecule has 0 bridgehead atoms. The first-order valence-corrected chi connectivity index (χ1v) is 9.04. The van der Waals surface area contributed by atoms with Crippen molar-refractivity contribution in [1.29, 1.82) is 0 Å². The lowest BCUT2D eigenvalue weighted by Gasteiger charge is -2.24. The molecular weight excluding hydrogens is 369 g/mol. The van der Waals surface area contributed by atoms with Gasteiger partial charge in [-0.05, 0) is 53.6 Å². The van der Waals surface area contributed by atoms with Gasteiger partial charge in [-0.3, -0.25) is 4.79 Å². The molecule has 2 aromatic carbocycles. The summed E-state index contributed by atoms with van der Waals surface area (Å²) < 4.78 is 19.7. The van der Waals surface area contributed by atoms with Crippen molar-refractivity contribution in [1.82, 2.24) is 10.1 Å². The van der Waals surface area contributed by atoms with E-state index >= 15 is 0 Å². The first-order chi connectivity index (χ1) is 12.9. The summed E-state index contributed by atoms with van der Waals surface area (Å²) in [5.41, 5.74) is 9.11. The largest absolute Gasteiger partial charge is 0.369 e. The van der Waals surface area contributed by atoms with Gasteiger partial charge >= 0.3 is 0 Å². The molecule has 0 fully saturated rings. The van der Waals surface area contributed by atoms with E-state index in [0.29, 0.717) is 11.5 Å². The molecule has 27 heavy (non-hydrogen) atoms. The summed E-state index contributed by atoms with van der Waals surface area (Å²) in [5, 5.41) is 4.13. The van der Waals surface area contributed by atoms with Crippen LogP contribution in [0, 0.1) is 12.7 Å². The van der Waals surface area contributed by atoms with Crippen LogP contribution in [0.2, 0.25) is 5.02 Å². The number of amides is 1. The van der Waals surface area contributed by atoms with Gasteiger partial charge in [-0.25, -0.2) is 4.39 Å². The fourth-order valence-corrected chi connectivity index (χ4v) is 3.91. The maximum absolute atomic E-state index is 14.7. The number of carbonyl (C=O) groups is 1. The molecule has 0 saturated carbocycles. The molecule has 1 unspecified atom stereocenters. The number of halogens is 2. The van der Waals surface area contributed by atoms with Gasteiger partial charge in [-0.1, -0.05) is 35.0 Å². The molecular formula is C20H17ClFN3O2. The monoisotopic (exact) mass is 385 g/mol. The summed E-state index contributed by atoms with van der Waals surface area (Å²) in [5.74, 6) is -0.603. The number of fused-ring (bicyclic) bond motifs is 1. The fourth-order valence-electron chi connectivity index (χ4n) is 3.71. The van der Waals surface area contributed by atoms with E-state index in [1.54, 1.807) is 13.0 Å². The van der Waals surface area contributed by atoms with Crippen molar-refractivity contribution < 1.29 is 13.7 Å². The fraction of sp³-hybridized carbons (Fsp3) is 0.250. The molecule has 4 rings (SSSR count). The van der Waals surface area contributed by atoms with Crippen molar-refractivity contribution in [2.75, 3.05) is 0 Å². The lowest BCUT2D eigenvalue weighted by Crippen LogP contribution is -2.25. The van der Waals surface area contributed by atoms with E-state index in [-0.39, 0.29) is 28.2 Å². The average molecular weight is 386 g/mol. The second-order valence-corrected chi connectivity index (χ2v) is 7.14. The quantitative estimate of drug-likeness (QED) is 0.724. The Bertz CT molecular complexity index is 1050. The lowest BCUT2D eigenvalue weighted by atomic mass is 9.81. The minimum absolute atomic E-state index is 0.171.